The molecule has 0 atom stereocenters. The van der Waals surface area contributed by atoms with E-state index in [2.05, 4.69) is 0 Å². The third kappa shape index (κ3) is 1.86. The van der Waals surface area contributed by atoms with E-state index in [-0.39, 0.29) is 19.0 Å². The fourth-order valence-electron chi connectivity index (χ4n) is 1.98. The van der Waals surface area contributed by atoms with E-state index in [1.165, 1.54) is 13.2 Å². The average Bonchev–Trinajstić information content (AvgIpc) is 2.27. The lowest BCUT2D eigenvalue weighted by Gasteiger charge is -2.33. The SMILES string of the molecule is COc1c(C)cc(Cl)cc1C(=O)C1(C#N)COC1. The molecular weight excluding hydrogens is 254 g/mol. The van der Waals surface area contributed by atoms with Gasteiger partial charge in [0.15, 0.2) is 11.2 Å². The fraction of sp³-hybridized carbons (Fsp3) is 0.385. The first kappa shape index (κ1) is 12.9. The molecule has 1 heterocycles. The number of hydrogen-bond acceptors (Lipinski definition) is 4. The van der Waals surface area contributed by atoms with Gasteiger partial charge in [0.1, 0.15) is 5.75 Å². The lowest BCUT2D eigenvalue weighted by Crippen LogP contribution is -2.48. The number of nitriles is 1. The van der Waals surface area contributed by atoms with E-state index < -0.39 is 5.41 Å². The van der Waals surface area contributed by atoms with Crippen molar-refractivity contribution in [2.45, 2.75) is 6.92 Å². The first-order valence-corrected chi connectivity index (χ1v) is 5.80. The molecule has 1 saturated heterocycles. The molecule has 94 valence electrons. The zero-order valence-corrected chi connectivity index (χ0v) is 10.9. The molecule has 0 amide bonds. The van der Waals surface area contributed by atoms with E-state index >= 15 is 0 Å². The summed E-state index contributed by atoms with van der Waals surface area (Å²) in [6.07, 6.45) is 0. The molecule has 0 aromatic heterocycles. The monoisotopic (exact) mass is 265 g/mol. The number of rotatable bonds is 3. The van der Waals surface area contributed by atoms with Gasteiger partial charge in [0, 0.05) is 5.02 Å². The Morgan fingerprint density at radius 3 is 2.67 bits per heavy atom. The Balaban J connectivity index is 2.51. The zero-order valence-electron chi connectivity index (χ0n) is 10.1. The van der Waals surface area contributed by atoms with E-state index in [9.17, 15) is 4.79 Å². The molecule has 0 bridgehead atoms. The number of halogens is 1. The lowest BCUT2D eigenvalue weighted by molar-refractivity contribution is -0.0567. The van der Waals surface area contributed by atoms with Crippen molar-refractivity contribution >= 4 is 17.4 Å². The number of aryl methyl sites for hydroxylation is 1. The first-order chi connectivity index (χ1) is 8.54. The van der Waals surface area contributed by atoms with E-state index in [4.69, 9.17) is 26.3 Å². The number of methoxy groups -OCH3 is 1. The number of Topliss-reactive ketones (excluding diaryl/α,β-unsaturated/α-hetero) is 1. The minimum absolute atomic E-state index is 0.122. The van der Waals surface area contributed by atoms with Gasteiger partial charge in [0.05, 0.1) is 32.0 Å². The van der Waals surface area contributed by atoms with Crippen molar-refractivity contribution in [1.29, 1.82) is 5.26 Å². The molecule has 0 saturated carbocycles. The van der Waals surface area contributed by atoms with Gasteiger partial charge in [-0.15, -0.1) is 0 Å². The van der Waals surface area contributed by atoms with Gasteiger partial charge < -0.3 is 9.47 Å². The highest BCUT2D eigenvalue weighted by atomic mass is 35.5. The van der Waals surface area contributed by atoms with Crippen LogP contribution in [0.1, 0.15) is 15.9 Å². The summed E-state index contributed by atoms with van der Waals surface area (Å²) in [6, 6.07) is 5.28. The molecular formula is C13H12ClNO3. The summed E-state index contributed by atoms with van der Waals surface area (Å²) >= 11 is 5.96. The summed E-state index contributed by atoms with van der Waals surface area (Å²) in [7, 11) is 1.49. The molecule has 18 heavy (non-hydrogen) atoms. The molecule has 0 spiro atoms. The number of carbonyl (C=O) groups excluding carboxylic acids is 1. The first-order valence-electron chi connectivity index (χ1n) is 5.42. The predicted molar refractivity (Wildman–Crippen MR) is 65.9 cm³/mol. The van der Waals surface area contributed by atoms with Crippen molar-refractivity contribution in [2.24, 2.45) is 5.41 Å². The van der Waals surface area contributed by atoms with Crippen molar-refractivity contribution in [3.63, 3.8) is 0 Å². The Bertz CT molecular complexity index is 544. The zero-order chi connectivity index (χ0) is 13.3. The number of ketones is 1. The Kier molecular flexibility index (Phi) is 3.29. The maximum Gasteiger partial charge on any atom is 0.191 e. The van der Waals surface area contributed by atoms with Crippen LogP contribution < -0.4 is 4.74 Å². The van der Waals surface area contributed by atoms with Crippen molar-refractivity contribution < 1.29 is 14.3 Å². The quantitative estimate of drug-likeness (QED) is 0.788. The summed E-state index contributed by atoms with van der Waals surface area (Å²) in [5.41, 5.74) is 0.0127. The smallest absolute Gasteiger partial charge is 0.191 e. The van der Waals surface area contributed by atoms with Gasteiger partial charge in [0.25, 0.3) is 0 Å². The fourth-order valence-corrected chi connectivity index (χ4v) is 2.25. The van der Waals surface area contributed by atoms with Gasteiger partial charge in [-0.1, -0.05) is 11.6 Å². The number of hydrogen-bond donors (Lipinski definition) is 0. The average molecular weight is 266 g/mol. The van der Waals surface area contributed by atoms with Crippen LogP contribution in [0.5, 0.6) is 5.75 Å². The Morgan fingerprint density at radius 2 is 2.22 bits per heavy atom. The number of ether oxygens (including phenoxy) is 2. The van der Waals surface area contributed by atoms with Crippen molar-refractivity contribution in [1.82, 2.24) is 0 Å². The Labute approximate surface area is 110 Å². The Hall–Kier alpha value is -1.57. The highest BCUT2D eigenvalue weighted by Crippen LogP contribution is 2.36. The molecule has 1 aliphatic heterocycles. The van der Waals surface area contributed by atoms with Crippen LogP contribution in [0.15, 0.2) is 12.1 Å². The summed E-state index contributed by atoms with van der Waals surface area (Å²) in [4.78, 5) is 12.4. The topological polar surface area (TPSA) is 59.3 Å². The van der Waals surface area contributed by atoms with E-state index in [1.54, 1.807) is 13.0 Å². The molecule has 0 N–H and O–H groups in total. The maximum atomic E-state index is 12.4. The van der Waals surface area contributed by atoms with Crippen molar-refractivity contribution in [3.05, 3.63) is 28.3 Å². The summed E-state index contributed by atoms with van der Waals surface area (Å²) in [6.45, 7) is 2.05. The van der Waals surface area contributed by atoms with Gasteiger partial charge in [-0.05, 0) is 24.6 Å². The van der Waals surface area contributed by atoms with Crippen molar-refractivity contribution in [2.75, 3.05) is 20.3 Å². The van der Waals surface area contributed by atoms with Gasteiger partial charge in [0.2, 0.25) is 0 Å². The normalized spacial score (nSPS) is 16.6. The largest absolute Gasteiger partial charge is 0.496 e. The highest BCUT2D eigenvalue weighted by Gasteiger charge is 2.47. The van der Waals surface area contributed by atoms with Crippen LogP contribution in [0.25, 0.3) is 0 Å². The standard InChI is InChI=1S/C13H12ClNO3/c1-8-3-9(14)4-10(11(8)17-2)12(16)13(5-15)6-18-7-13/h3-4H,6-7H2,1-2H3. The molecule has 0 aliphatic carbocycles. The van der Waals surface area contributed by atoms with Crippen LogP contribution in [-0.2, 0) is 4.74 Å². The molecule has 1 fully saturated rings. The second-order valence-corrected chi connectivity index (χ2v) is 4.76. The van der Waals surface area contributed by atoms with Crippen LogP contribution in [-0.4, -0.2) is 26.1 Å². The second kappa shape index (κ2) is 4.60. The van der Waals surface area contributed by atoms with Crippen LogP contribution in [0.3, 0.4) is 0 Å². The van der Waals surface area contributed by atoms with E-state index in [1.807, 2.05) is 6.07 Å². The third-order valence-electron chi connectivity index (χ3n) is 3.03. The number of nitrogens with zero attached hydrogens (tertiary/aromatic N) is 1. The molecule has 1 aromatic rings. The van der Waals surface area contributed by atoms with Crippen LogP contribution in [0.2, 0.25) is 5.02 Å². The van der Waals surface area contributed by atoms with Gasteiger partial charge in [-0.2, -0.15) is 5.26 Å². The highest BCUT2D eigenvalue weighted by molar-refractivity contribution is 6.31. The summed E-state index contributed by atoms with van der Waals surface area (Å²) in [5.74, 6) is 0.171. The molecule has 0 radical (unpaired) electrons. The second-order valence-electron chi connectivity index (χ2n) is 4.32. The lowest BCUT2D eigenvalue weighted by atomic mass is 9.79. The minimum atomic E-state index is -1.09. The van der Waals surface area contributed by atoms with Crippen LogP contribution in [0, 0.1) is 23.7 Å². The summed E-state index contributed by atoms with van der Waals surface area (Å²) < 4.78 is 10.2. The molecule has 1 aliphatic rings. The van der Waals surface area contributed by atoms with Crippen LogP contribution >= 0.6 is 11.6 Å². The van der Waals surface area contributed by atoms with Crippen LogP contribution in [0.4, 0.5) is 0 Å². The Morgan fingerprint density at radius 1 is 1.56 bits per heavy atom. The van der Waals surface area contributed by atoms with Gasteiger partial charge >= 0.3 is 0 Å². The molecule has 4 nitrogen and oxygen atoms in total. The predicted octanol–water partition coefficient (Wildman–Crippen LogP) is 2.38. The molecule has 1 aromatic carbocycles. The molecule has 0 unspecified atom stereocenters. The van der Waals surface area contributed by atoms with Gasteiger partial charge in [-0.3, -0.25) is 4.79 Å². The molecule has 2 rings (SSSR count). The number of carbonyl (C=O) groups is 1. The number of benzene rings is 1. The third-order valence-corrected chi connectivity index (χ3v) is 3.25. The molecule has 5 heteroatoms. The maximum absolute atomic E-state index is 12.4. The minimum Gasteiger partial charge on any atom is -0.496 e. The van der Waals surface area contributed by atoms with E-state index in [0.717, 1.165) is 5.56 Å². The summed E-state index contributed by atoms with van der Waals surface area (Å²) in [5, 5.41) is 9.59. The van der Waals surface area contributed by atoms with Crippen molar-refractivity contribution in [3.8, 4) is 11.8 Å². The van der Waals surface area contributed by atoms with E-state index in [0.29, 0.717) is 16.3 Å². The van der Waals surface area contributed by atoms with Gasteiger partial charge in [-0.25, -0.2) is 0 Å².